The van der Waals surface area contributed by atoms with E-state index < -0.39 is 34.9 Å². The maximum Gasteiger partial charge on any atom is 0.275 e. The van der Waals surface area contributed by atoms with Crippen LogP contribution >= 0.6 is 0 Å². The minimum atomic E-state index is -1.62. The van der Waals surface area contributed by atoms with E-state index in [1.54, 1.807) is 24.3 Å². The first-order valence-corrected chi connectivity index (χ1v) is 10.0. The van der Waals surface area contributed by atoms with Crippen molar-refractivity contribution in [3.8, 4) is 0 Å². The maximum atomic E-state index is 13.5. The highest BCUT2D eigenvalue weighted by Gasteiger charge is 2.48. The Kier molecular flexibility index (Phi) is 5.43. The monoisotopic (exact) mass is 430 g/mol. The summed E-state index contributed by atoms with van der Waals surface area (Å²) in [5.41, 5.74) is 6.08. The van der Waals surface area contributed by atoms with Gasteiger partial charge in [0.05, 0.1) is 0 Å². The van der Waals surface area contributed by atoms with Crippen molar-refractivity contribution in [2.24, 2.45) is 4.99 Å². The molecule has 4 rings (SSSR count). The Bertz CT molecular complexity index is 1040. The quantitative estimate of drug-likeness (QED) is 0.574. The molecule has 0 saturated heterocycles. The molecule has 0 aromatic heterocycles. The van der Waals surface area contributed by atoms with Gasteiger partial charge in [0.15, 0.2) is 17.5 Å². The van der Waals surface area contributed by atoms with Crippen LogP contribution in [0.3, 0.4) is 0 Å². The summed E-state index contributed by atoms with van der Waals surface area (Å²) in [7, 11) is 0. The Morgan fingerprint density at radius 3 is 2.29 bits per heavy atom. The minimum Gasteiger partial charge on any atom is -0.399 e. The molecule has 9 heteroatoms. The zero-order valence-corrected chi connectivity index (χ0v) is 16.6. The van der Waals surface area contributed by atoms with Gasteiger partial charge in [-0.15, -0.1) is 0 Å². The molecule has 1 fully saturated rings. The highest BCUT2D eigenvalue weighted by Crippen LogP contribution is 2.39. The molecule has 0 atom stereocenters. The number of amides is 2. The lowest BCUT2D eigenvalue weighted by atomic mass is 9.88. The fourth-order valence-electron chi connectivity index (χ4n) is 4.15. The smallest absolute Gasteiger partial charge is 0.275 e. The van der Waals surface area contributed by atoms with Gasteiger partial charge in [-0.1, -0.05) is 18.6 Å². The van der Waals surface area contributed by atoms with E-state index in [0.29, 0.717) is 36.2 Å². The number of rotatable bonds is 4. The van der Waals surface area contributed by atoms with Crippen molar-refractivity contribution in [2.45, 2.75) is 37.8 Å². The number of nitrogens with two attached hydrogens (primary N) is 1. The summed E-state index contributed by atoms with van der Waals surface area (Å²) >= 11 is 0. The van der Waals surface area contributed by atoms with Crippen LogP contribution < -0.4 is 11.1 Å². The normalized spacial score (nSPS) is 17.7. The molecule has 162 valence electrons. The predicted molar refractivity (Wildman–Crippen MR) is 110 cm³/mol. The first-order valence-electron chi connectivity index (χ1n) is 10.0. The second-order valence-electron chi connectivity index (χ2n) is 7.82. The van der Waals surface area contributed by atoms with Crippen molar-refractivity contribution < 1.29 is 22.8 Å². The molecule has 3 N–H and O–H groups in total. The van der Waals surface area contributed by atoms with Gasteiger partial charge >= 0.3 is 0 Å². The van der Waals surface area contributed by atoms with Crippen LogP contribution in [0.5, 0.6) is 0 Å². The van der Waals surface area contributed by atoms with Gasteiger partial charge in [0.1, 0.15) is 17.9 Å². The Hall–Kier alpha value is -3.36. The fraction of sp³-hybridized carbons (Fsp3) is 0.318. The molecule has 1 saturated carbocycles. The molecule has 31 heavy (non-hydrogen) atoms. The summed E-state index contributed by atoms with van der Waals surface area (Å²) in [4.78, 5) is 32.0. The molecule has 1 heterocycles. The highest BCUT2D eigenvalue weighted by atomic mass is 19.2. The van der Waals surface area contributed by atoms with Crippen molar-refractivity contribution in [3.05, 3.63) is 59.4 Å². The Balaban J connectivity index is 1.58. The van der Waals surface area contributed by atoms with Crippen LogP contribution in [0.2, 0.25) is 0 Å². The molecule has 0 unspecified atom stereocenters. The van der Waals surface area contributed by atoms with E-state index in [2.05, 4.69) is 5.32 Å². The van der Waals surface area contributed by atoms with Crippen LogP contribution in [0.15, 0.2) is 41.4 Å². The molecule has 1 aliphatic heterocycles. The standard InChI is InChI=1S/C22H21F3N4O2/c23-16-10-15(11-17(24)19(16)25)27-18(30)12-29-21(31)20(13-4-6-14(26)7-5-13)28-22(29)8-2-1-3-9-22/h4-7,10-11H,1-3,8-9,12,26H2,(H,27,30). The summed E-state index contributed by atoms with van der Waals surface area (Å²) in [6, 6.07) is 8.13. The van der Waals surface area contributed by atoms with Crippen LogP contribution in [0.25, 0.3) is 0 Å². The first kappa shape index (κ1) is 20.9. The molecule has 1 aliphatic carbocycles. The third-order valence-corrected chi connectivity index (χ3v) is 5.68. The van der Waals surface area contributed by atoms with Crippen LogP contribution in [0.4, 0.5) is 24.5 Å². The van der Waals surface area contributed by atoms with E-state index in [-0.39, 0.29) is 17.9 Å². The number of benzene rings is 2. The molecule has 6 nitrogen and oxygen atoms in total. The van der Waals surface area contributed by atoms with Gasteiger partial charge in [-0.3, -0.25) is 14.6 Å². The van der Waals surface area contributed by atoms with Crippen LogP contribution in [-0.2, 0) is 9.59 Å². The third-order valence-electron chi connectivity index (χ3n) is 5.68. The lowest BCUT2D eigenvalue weighted by Crippen LogP contribution is -2.51. The van der Waals surface area contributed by atoms with Gasteiger partial charge < -0.3 is 16.0 Å². The molecule has 1 spiro atoms. The van der Waals surface area contributed by atoms with Gasteiger partial charge in [-0.25, -0.2) is 13.2 Å². The Labute approximate surface area is 176 Å². The average Bonchev–Trinajstić information content (AvgIpc) is 2.99. The van der Waals surface area contributed by atoms with E-state index in [4.69, 9.17) is 10.7 Å². The molecule has 0 radical (unpaired) electrons. The summed E-state index contributed by atoms with van der Waals surface area (Å²) in [6.07, 6.45) is 3.96. The summed E-state index contributed by atoms with van der Waals surface area (Å²) in [5.74, 6) is -5.48. The number of aliphatic imine (C=N–C) groups is 1. The predicted octanol–water partition coefficient (Wildman–Crippen LogP) is 3.62. The van der Waals surface area contributed by atoms with Crippen molar-refractivity contribution >= 4 is 28.9 Å². The zero-order chi connectivity index (χ0) is 22.2. The van der Waals surface area contributed by atoms with E-state index >= 15 is 0 Å². The number of hydrogen-bond donors (Lipinski definition) is 2. The Morgan fingerprint density at radius 1 is 1.06 bits per heavy atom. The SMILES string of the molecule is Nc1ccc(C2=NC3(CCCCC3)N(CC(=O)Nc3cc(F)c(F)c(F)c3)C2=O)cc1. The third kappa shape index (κ3) is 3.99. The van der Waals surface area contributed by atoms with E-state index in [0.717, 1.165) is 19.3 Å². The number of carbonyl (C=O) groups excluding carboxylic acids is 2. The fourth-order valence-corrected chi connectivity index (χ4v) is 4.15. The van der Waals surface area contributed by atoms with E-state index in [1.807, 2.05) is 0 Å². The number of nitrogens with zero attached hydrogens (tertiary/aromatic N) is 2. The molecule has 2 amide bonds. The first-order chi connectivity index (χ1) is 14.8. The molecular weight excluding hydrogens is 409 g/mol. The van der Waals surface area contributed by atoms with Crippen molar-refractivity contribution in [2.75, 3.05) is 17.6 Å². The molecule has 0 bridgehead atoms. The second-order valence-corrected chi connectivity index (χ2v) is 7.82. The molecular formula is C22H21F3N4O2. The van der Waals surface area contributed by atoms with Crippen LogP contribution in [-0.4, -0.2) is 34.6 Å². The summed E-state index contributed by atoms with van der Waals surface area (Å²) in [6.45, 7) is -0.346. The molecule has 2 aliphatic rings. The topological polar surface area (TPSA) is 87.8 Å². The van der Waals surface area contributed by atoms with E-state index in [1.165, 1.54) is 4.90 Å². The number of hydrogen-bond acceptors (Lipinski definition) is 4. The lowest BCUT2D eigenvalue weighted by Gasteiger charge is -2.38. The number of nitrogens with one attached hydrogen (secondary N) is 1. The van der Waals surface area contributed by atoms with Crippen molar-refractivity contribution in [1.29, 1.82) is 0 Å². The van der Waals surface area contributed by atoms with Gasteiger partial charge in [0, 0.05) is 29.1 Å². The van der Waals surface area contributed by atoms with Gasteiger partial charge in [0.25, 0.3) is 5.91 Å². The molecule has 2 aromatic carbocycles. The minimum absolute atomic E-state index is 0.231. The summed E-state index contributed by atoms with van der Waals surface area (Å²) < 4.78 is 40.1. The van der Waals surface area contributed by atoms with Crippen LogP contribution in [0.1, 0.15) is 37.7 Å². The van der Waals surface area contributed by atoms with Crippen LogP contribution in [0, 0.1) is 17.5 Å². The van der Waals surface area contributed by atoms with Gasteiger partial charge in [-0.05, 0) is 37.8 Å². The number of anilines is 2. The number of halogens is 3. The van der Waals surface area contributed by atoms with E-state index in [9.17, 15) is 22.8 Å². The average molecular weight is 430 g/mol. The van der Waals surface area contributed by atoms with Gasteiger partial charge in [-0.2, -0.15) is 0 Å². The largest absolute Gasteiger partial charge is 0.399 e. The van der Waals surface area contributed by atoms with Crippen molar-refractivity contribution in [3.63, 3.8) is 0 Å². The summed E-state index contributed by atoms with van der Waals surface area (Å²) in [5, 5.41) is 2.34. The highest BCUT2D eigenvalue weighted by molar-refractivity contribution is 6.47. The maximum absolute atomic E-state index is 13.5. The number of carbonyl (C=O) groups is 2. The van der Waals surface area contributed by atoms with Crippen molar-refractivity contribution in [1.82, 2.24) is 4.90 Å². The molecule has 2 aromatic rings. The Morgan fingerprint density at radius 2 is 1.68 bits per heavy atom. The lowest BCUT2D eigenvalue weighted by molar-refractivity contribution is -0.134. The van der Waals surface area contributed by atoms with Gasteiger partial charge in [0.2, 0.25) is 5.91 Å². The number of nitrogen functional groups attached to an aromatic ring is 1. The second kappa shape index (κ2) is 8.05. The zero-order valence-electron chi connectivity index (χ0n) is 16.6.